The second-order valence-corrected chi connectivity index (χ2v) is 12.3. The van der Waals surface area contributed by atoms with Gasteiger partial charge in [-0.05, 0) is 49.2 Å². The SMILES string of the molecule is CCCCCCCCCCCCCCCCCC(=O)[O-].c1ccc([S+](c2ccccc2)c2ccccc2)cc1. The van der Waals surface area contributed by atoms with Gasteiger partial charge in [-0.3, -0.25) is 0 Å². The highest BCUT2D eigenvalue weighted by Crippen LogP contribution is 2.30. The van der Waals surface area contributed by atoms with Crippen LogP contribution in [0.3, 0.4) is 0 Å². The molecule has 3 aromatic carbocycles. The Hall–Kier alpha value is -2.52. The van der Waals surface area contributed by atoms with Crippen LogP contribution in [0, 0.1) is 0 Å². The van der Waals surface area contributed by atoms with Gasteiger partial charge in [0.2, 0.25) is 0 Å². The number of aliphatic carboxylic acids is 1. The first kappa shape index (κ1) is 32.7. The van der Waals surface area contributed by atoms with E-state index in [1.54, 1.807) is 0 Å². The third-order valence-corrected chi connectivity index (χ3v) is 9.15. The van der Waals surface area contributed by atoms with Gasteiger partial charge in [-0.2, -0.15) is 0 Å². The van der Waals surface area contributed by atoms with Crippen molar-refractivity contribution in [1.82, 2.24) is 0 Å². The van der Waals surface area contributed by atoms with E-state index < -0.39 is 5.97 Å². The average Bonchev–Trinajstić information content (AvgIpc) is 2.97. The highest BCUT2D eigenvalue weighted by atomic mass is 32.2. The van der Waals surface area contributed by atoms with Gasteiger partial charge in [-0.1, -0.05) is 151 Å². The summed E-state index contributed by atoms with van der Waals surface area (Å²) in [5.74, 6) is -0.903. The van der Waals surface area contributed by atoms with E-state index in [1.807, 2.05) is 0 Å². The van der Waals surface area contributed by atoms with E-state index in [9.17, 15) is 9.90 Å². The lowest BCUT2D eigenvalue weighted by Gasteiger charge is -2.07. The minimum absolute atomic E-state index is 0.0146. The number of hydrogen-bond donors (Lipinski definition) is 0. The molecule has 3 rings (SSSR count). The minimum atomic E-state index is -0.903. The molecule has 0 amide bonds. The standard InChI is InChI=1S/C18H36O2.C18H15S/c1-2-3-4-5-6-7-8-9-10-11-12-13-14-15-16-17-18(19)20;1-4-10-16(11-5-1)19(17-12-6-2-7-13-17)18-14-8-3-9-15-18/h2-17H2,1H3,(H,19,20);1-15H/q;+1/p-1. The molecule has 0 saturated carbocycles. The fourth-order valence-corrected chi connectivity index (χ4v) is 6.82. The molecule has 39 heavy (non-hydrogen) atoms. The molecule has 3 aromatic rings. The third kappa shape index (κ3) is 15.6. The number of carbonyl (C=O) groups is 1. The monoisotopic (exact) mass is 546 g/mol. The normalized spacial score (nSPS) is 10.7. The van der Waals surface area contributed by atoms with Gasteiger partial charge < -0.3 is 9.90 Å². The maximum Gasteiger partial charge on any atom is 0.166 e. The van der Waals surface area contributed by atoms with Crippen LogP contribution >= 0.6 is 0 Å². The Balaban J connectivity index is 0.000000273. The van der Waals surface area contributed by atoms with Crippen LogP contribution in [-0.4, -0.2) is 5.97 Å². The molecule has 0 spiro atoms. The zero-order valence-corrected chi connectivity index (χ0v) is 25.0. The predicted octanol–water partition coefficient (Wildman–Crippen LogP) is 9.78. The van der Waals surface area contributed by atoms with E-state index in [0.29, 0.717) is 0 Å². The van der Waals surface area contributed by atoms with Crippen molar-refractivity contribution in [3.8, 4) is 0 Å². The molecule has 0 aliphatic carbocycles. The molecule has 0 aromatic heterocycles. The molecule has 3 heteroatoms. The minimum Gasteiger partial charge on any atom is -0.550 e. The van der Waals surface area contributed by atoms with E-state index in [2.05, 4.69) is 97.9 Å². The van der Waals surface area contributed by atoms with Crippen molar-refractivity contribution in [3.63, 3.8) is 0 Å². The molecule has 0 radical (unpaired) electrons. The summed E-state index contributed by atoms with van der Waals surface area (Å²) in [6.45, 7) is 2.27. The van der Waals surface area contributed by atoms with Gasteiger partial charge in [0, 0.05) is 5.97 Å². The fourth-order valence-electron chi connectivity index (χ4n) is 4.72. The van der Waals surface area contributed by atoms with Gasteiger partial charge in [0.1, 0.15) is 0 Å². The van der Waals surface area contributed by atoms with Crippen LogP contribution < -0.4 is 5.11 Å². The van der Waals surface area contributed by atoms with E-state index >= 15 is 0 Å². The zero-order chi connectivity index (χ0) is 27.8. The van der Waals surface area contributed by atoms with Crippen LogP contribution in [0.5, 0.6) is 0 Å². The summed E-state index contributed by atoms with van der Waals surface area (Å²) in [7, 11) is -0.0146. The van der Waals surface area contributed by atoms with Crippen molar-refractivity contribution in [2.75, 3.05) is 0 Å². The first-order valence-corrected chi connectivity index (χ1v) is 16.5. The molecule has 0 aliphatic heterocycles. The highest BCUT2D eigenvalue weighted by Gasteiger charge is 2.27. The number of carboxylic acid groups (broad SMARTS) is 1. The second kappa shape index (κ2) is 22.3. The summed E-state index contributed by atoms with van der Waals surface area (Å²) in [5, 5.41) is 10.2. The number of carbonyl (C=O) groups excluding carboxylic acids is 1. The molecule has 0 bridgehead atoms. The Labute approximate surface area is 241 Å². The number of unbranched alkanes of at least 4 members (excludes halogenated alkanes) is 14. The van der Waals surface area contributed by atoms with Gasteiger partial charge in [0.15, 0.2) is 14.7 Å². The van der Waals surface area contributed by atoms with Crippen molar-refractivity contribution >= 4 is 16.9 Å². The number of benzene rings is 3. The number of carboxylic acids is 1. The van der Waals surface area contributed by atoms with Crippen molar-refractivity contribution < 1.29 is 9.90 Å². The molecule has 0 N–H and O–H groups in total. The lowest BCUT2D eigenvalue weighted by molar-refractivity contribution is -0.305. The van der Waals surface area contributed by atoms with Gasteiger partial charge in [-0.25, -0.2) is 0 Å². The Morgan fingerprint density at radius 1 is 0.487 bits per heavy atom. The molecule has 0 atom stereocenters. The largest absolute Gasteiger partial charge is 0.550 e. The lowest BCUT2D eigenvalue weighted by atomic mass is 10.0. The topological polar surface area (TPSA) is 40.1 Å². The Morgan fingerprint density at radius 3 is 1.05 bits per heavy atom. The zero-order valence-electron chi connectivity index (χ0n) is 24.2. The van der Waals surface area contributed by atoms with Crippen molar-refractivity contribution in [1.29, 1.82) is 0 Å². The molecule has 0 fully saturated rings. The molecular formula is C36H50O2S. The summed E-state index contributed by atoms with van der Waals surface area (Å²) in [4.78, 5) is 14.3. The van der Waals surface area contributed by atoms with Crippen molar-refractivity contribution in [3.05, 3.63) is 91.0 Å². The highest BCUT2D eigenvalue weighted by molar-refractivity contribution is 7.97. The summed E-state index contributed by atoms with van der Waals surface area (Å²) < 4.78 is 0. The Morgan fingerprint density at radius 2 is 0.769 bits per heavy atom. The van der Waals surface area contributed by atoms with Crippen molar-refractivity contribution in [2.45, 2.75) is 124 Å². The van der Waals surface area contributed by atoms with Crippen LogP contribution in [0.4, 0.5) is 0 Å². The summed E-state index contributed by atoms with van der Waals surface area (Å²) in [6.07, 6.45) is 19.9. The molecule has 0 aliphatic rings. The maximum atomic E-state index is 10.2. The van der Waals surface area contributed by atoms with E-state index in [4.69, 9.17) is 0 Å². The Kier molecular flexibility index (Phi) is 18.7. The molecule has 0 heterocycles. The quantitative estimate of drug-likeness (QED) is 0.111. The summed E-state index contributed by atoms with van der Waals surface area (Å²) in [6, 6.07) is 32.2. The first-order valence-electron chi connectivity index (χ1n) is 15.3. The summed E-state index contributed by atoms with van der Waals surface area (Å²) in [5.41, 5.74) is 0. The fraction of sp³-hybridized carbons (Fsp3) is 0.472. The van der Waals surface area contributed by atoms with Crippen LogP contribution in [-0.2, 0) is 15.7 Å². The summed E-state index contributed by atoms with van der Waals surface area (Å²) >= 11 is 0. The van der Waals surface area contributed by atoms with Gasteiger partial charge in [-0.15, -0.1) is 0 Å². The van der Waals surface area contributed by atoms with Crippen LogP contribution in [0.2, 0.25) is 0 Å². The lowest BCUT2D eigenvalue weighted by Crippen LogP contribution is -2.21. The van der Waals surface area contributed by atoms with E-state index in [-0.39, 0.29) is 17.3 Å². The van der Waals surface area contributed by atoms with Crippen LogP contribution in [0.1, 0.15) is 110 Å². The number of hydrogen-bond acceptors (Lipinski definition) is 2. The Bertz CT molecular complexity index is 865. The van der Waals surface area contributed by atoms with Gasteiger partial charge >= 0.3 is 0 Å². The molecule has 212 valence electrons. The molecule has 0 saturated heterocycles. The van der Waals surface area contributed by atoms with E-state index in [0.717, 1.165) is 12.8 Å². The first-order chi connectivity index (χ1) is 19.2. The van der Waals surface area contributed by atoms with Gasteiger partial charge in [0.25, 0.3) is 0 Å². The average molecular weight is 547 g/mol. The maximum absolute atomic E-state index is 10.2. The molecular weight excluding hydrogens is 496 g/mol. The van der Waals surface area contributed by atoms with Gasteiger partial charge in [0.05, 0.1) is 10.9 Å². The number of rotatable bonds is 19. The van der Waals surface area contributed by atoms with Crippen molar-refractivity contribution in [2.24, 2.45) is 0 Å². The third-order valence-electron chi connectivity index (χ3n) is 6.92. The second-order valence-electron chi connectivity index (χ2n) is 10.3. The molecule has 2 nitrogen and oxygen atoms in total. The smallest absolute Gasteiger partial charge is 0.166 e. The van der Waals surface area contributed by atoms with Crippen LogP contribution in [0.25, 0.3) is 0 Å². The van der Waals surface area contributed by atoms with E-state index in [1.165, 1.54) is 98.2 Å². The van der Waals surface area contributed by atoms with Crippen LogP contribution in [0.15, 0.2) is 106 Å². The predicted molar refractivity (Wildman–Crippen MR) is 166 cm³/mol. The molecule has 0 unspecified atom stereocenters.